The molecular formula is C6H10N4O. The Labute approximate surface area is 64.2 Å². The highest BCUT2D eigenvalue weighted by molar-refractivity contribution is 5.61. The smallest absolute Gasteiger partial charge is 0.172 e. The van der Waals surface area contributed by atoms with Crippen molar-refractivity contribution in [3.8, 4) is 0 Å². The number of aryl methyl sites for hydroxylation is 2. The molecule has 5 nitrogen and oxygen atoms in total. The highest BCUT2D eigenvalue weighted by atomic mass is 16.3. The molecule has 1 rings (SSSR count). The Balaban J connectivity index is 3.26. The Kier molecular flexibility index (Phi) is 1.89. The Bertz CT molecular complexity index is 278. The molecule has 0 aliphatic rings. The van der Waals surface area contributed by atoms with Crippen molar-refractivity contribution in [1.82, 2.24) is 9.78 Å². The summed E-state index contributed by atoms with van der Waals surface area (Å²) in [4.78, 5) is 10.2. The summed E-state index contributed by atoms with van der Waals surface area (Å²) < 4.78 is 1.45. The fourth-order valence-electron chi connectivity index (χ4n) is 0.921. The highest BCUT2D eigenvalue weighted by Gasteiger charge is 2.11. The first kappa shape index (κ1) is 7.71. The molecule has 0 bridgehead atoms. The summed E-state index contributed by atoms with van der Waals surface area (Å²) in [5.74, 6) is 0.330. The van der Waals surface area contributed by atoms with Gasteiger partial charge in [0, 0.05) is 7.05 Å². The third kappa shape index (κ3) is 1.09. The van der Waals surface area contributed by atoms with E-state index in [1.165, 1.54) is 4.68 Å². The van der Waals surface area contributed by atoms with Crippen LogP contribution >= 0.6 is 0 Å². The average Bonchev–Trinajstić information content (AvgIpc) is 2.28. The van der Waals surface area contributed by atoms with Gasteiger partial charge in [0.25, 0.3) is 0 Å². The summed E-state index contributed by atoms with van der Waals surface area (Å²) in [5, 5.41) is 6.80. The minimum Gasteiger partial charge on any atom is -0.382 e. The Morgan fingerprint density at radius 1 is 1.73 bits per heavy atom. The lowest BCUT2D eigenvalue weighted by molar-refractivity contribution is 0.755. The van der Waals surface area contributed by atoms with Gasteiger partial charge in [0.1, 0.15) is 0 Å². The van der Waals surface area contributed by atoms with Gasteiger partial charge in [-0.25, -0.2) is 0 Å². The summed E-state index contributed by atoms with van der Waals surface area (Å²) in [7, 11) is 1.68. The second kappa shape index (κ2) is 2.69. The van der Waals surface area contributed by atoms with E-state index in [1.54, 1.807) is 7.05 Å². The first-order chi connectivity index (χ1) is 5.20. The van der Waals surface area contributed by atoms with E-state index < -0.39 is 0 Å². The van der Waals surface area contributed by atoms with E-state index in [0.717, 1.165) is 0 Å². The van der Waals surface area contributed by atoms with Crippen LogP contribution in [0, 0.1) is 4.91 Å². The van der Waals surface area contributed by atoms with Crippen molar-refractivity contribution in [2.45, 2.75) is 13.3 Å². The largest absolute Gasteiger partial charge is 0.382 e. The molecule has 0 atom stereocenters. The zero-order valence-electron chi connectivity index (χ0n) is 6.53. The number of aromatic nitrogens is 2. The van der Waals surface area contributed by atoms with Crippen molar-refractivity contribution in [3.63, 3.8) is 0 Å². The van der Waals surface area contributed by atoms with Crippen LogP contribution in [0.3, 0.4) is 0 Å². The number of nitrogens with zero attached hydrogens (tertiary/aromatic N) is 3. The molecule has 11 heavy (non-hydrogen) atoms. The van der Waals surface area contributed by atoms with Crippen molar-refractivity contribution in [2.75, 3.05) is 5.73 Å². The average molecular weight is 154 g/mol. The van der Waals surface area contributed by atoms with Gasteiger partial charge in [-0.1, -0.05) is 6.92 Å². The predicted molar refractivity (Wildman–Crippen MR) is 42.5 cm³/mol. The Morgan fingerprint density at radius 2 is 2.36 bits per heavy atom. The number of hydrogen-bond donors (Lipinski definition) is 1. The van der Waals surface area contributed by atoms with E-state index in [2.05, 4.69) is 10.3 Å². The molecule has 0 radical (unpaired) electrons. The maximum Gasteiger partial charge on any atom is 0.172 e. The summed E-state index contributed by atoms with van der Waals surface area (Å²) >= 11 is 0. The second-order valence-corrected chi connectivity index (χ2v) is 2.25. The molecule has 0 aliphatic heterocycles. The zero-order chi connectivity index (χ0) is 8.43. The van der Waals surface area contributed by atoms with Gasteiger partial charge in [-0.15, -0.1) is 4.91 Å². The van der Waals surface area contributed by atoms with Crippen molar-refractivity contribution in [2.24, 2.45) is 12.2 Å². The Hall–Kier alpha value is -1.39. The molecule has 0 unspecified atom stereocenters. The van der Waals surface area contributed by atoms with Gasteiger partial charge < -0.3 is 5.73 Å². The Morgan fingerprint density at radius 3 is 2.73 bits per heavy atom. The van der Waals surface area contributed by atoms with Crippen molar-refractivity contribution in [1.29, 1.82) is 0 Å². The number of rotatable bonds is 2. The first-order valence-electron chi connectivity index (χ1n) is 3.35. The van der Waals surface area contributed by atoms with Crippen LogP contribution in [0.1, 0.15) is 12.6 Å². The summed E-state index contributed by atoms with van der Waals surface area (Å²) in [5.41, 5.74) is 6.42. The fourth-order valence-corrected chi connectivity index (χ4v) is 0.921. The minimum atomic E-state index is 0.273. The quantitative estimate of drug-likeness (QED) is 0.645. The lowest BCUT2D eigenvalue weighted by Gasteiger charge is -1.89. The molecule has 0 spiro atoms. The second-order valence-electron chi connectivity index (χ2n) is 2.25. The topological polar surface area (TPSA) is 73.3 Å². The van der Waals surface area contributed by atoms with Gasteiger partial charge in [-0.2, -0.15) is 5.10 Å². The third-order valence-electron chi connectivity index (χ3n) is 1.56. The lowest BCUT2D eigenvalue weighted by atomic mass is 10.3. The van der Waals surface area contributed by atoms with Gasteiger partial charge >= 0.3 is 0 Å². The number of nitroso groups, excluding NO2 is 1. The van der Waals surface area contributed by atoms with Crippen molar-refractivity contribution < 1.29 is 0 Å². The van der Waals surface area contributed by atoms with E-state index in [0.29, 0.717) is 17.9 Å². The maximum atomic E-state index is 10.2. The van der Waals surface area contributed by atoms with Crippen LogP contribution in [0.15, 0.2) is 5.18 Å². The fraction of sp³-hybridized carbons (Fsp3) is 0.500. The number of nitrogen functional groups attached to an aromatic ring is 1. The van der Waals surface area contributed by atoms with Crippen LogP contribution in [0.25, 0.3) is 0 Å². The molecule has 0 amide bonds. The molecule has 5 heteroatoms. The van der Waals surface area contributed by atoms with Crippen LogP contribution in [-0.4, -0.2) is 9.78 Å². The van der Waals surface area contributed by atoms with E-state index in [-0.39, 0.29) is 5.69 Å². The molecule has 2 N–H and O–H groups in total. The van der Waals surface area contributed by atoms with Crippen LogP contribution in [-0.2, 0) is 13.5 Å². The normalized spacial score (nSPS) is 10.0. The highest BCUT2D eigenvalue weighted by Crippen LogP contribution is 2.25. The van der Waals surface area contributed by atoms with E-state index in [4.69, 9.17) is 5.73 Å². The molecule has 0 saturated carbocycles. The SMILES string of the molecule is CCc1nn(C)c(N)c1N=O. The number of nitrogens with two attached hydrogens (primary N) is 1. The summed E-state index contributed by atoms with van der Waals surface area (Å²) in [6.07, 6.45) is 0.673. The van der Waals surface area contributed by atoms with Gasteiger partial charge in [-0.05, 0) is 11.6 Å². The molecule has 0 aliphatic carbocycles. The standard InChI is InChI=1S/C6H10N4O/c1-3-4-5(9-11)6(7)10(2)8-4/h3,7H2,1-2H3. The summed E-state index contributed by atoms with van der Waals surface area (Å²) in [6.45, 7) is 1.90. The van der Waals surface area contributed by atoms with Crippen LogP contribution in [0.4, 0.5) is 11.5 Å². The van der Waals surface area contributed by atoms with Crippen molar-refractivity contribution >= 4 is 11.5 Å². The van der Waals surface area contributed by atoms with E-state index in [9.17, 15) is 4.91 Å². The van der Waals surface area contributed by atoms with Crippen LogP contribution in [0.5, 0.6) is 0 Å². The van der Waals surface area contributed by atoms with Gasteiger partial charge in [0.05, 0.1) is 5.69 Å². The zero-order valence-corrected chi connectivity index (χ0v) is 6.53. The third-order valence-corrected chi connectivity index (χ3v) is 1.56. The minimum absolute atomic E-state index is 0.273. The summed E-state index contributed by atoms with van der Waals surface area (Å²) in [6, 6.07) is 0. The number of hydrogen-bond acceptors (Lipinski definition) is 4. The maximum absolute atomic E-state index is 10.2. The molecule has 0 aromatic carbocycles. The van der Waals surface area contributed by atoms with E-state index >= 15 is 0 Å². The molecule has 0 saturated heterocycles. The number of anilines is 1. The van der Waals surface area contributed by atoms with Gasteiger partial charge in [0.15, 0.2) is 11.5 Å². The van der Waals surface area contributed by atoms with Crippen molar-refractivity contribution in [3.05, 3.63) is 10.6 Å². The molecule has 1 heterocycles. The van der Waals surface area contributed by atoms with Crippen LogP contribution < -0.4 is 5.73 Å². The predicted octanol–water partition coefficient (Wildman–Crippen LogP) is 0.963. The van der Waals surface area contributed by atoms with Gasteiger partial charge in [-0.3, -0.25) is 4.68 Å². The monoisotopic (exact) mass is 154 g/mol. The molecule has 60 valence electrons. The molecule has 1 aromatic rings. The molecule has 1 aromatic heterocycles. The van der Waals surface area contributed by atoms with E-state index in [1.807, 2.05) is 6.92 Å². The molecule has 0 fully saturated rings. The van der Waals surface area contributed by atoms with Gasteiger partial charge in [0.2, 0.25) is 0 Å². The first-order valence-corrected chi connectivity index (χ1v) is 3.35. The molecular weight excluding hydrogens is 144 g/mol. The lowest BCUT2D eigenvalue weighted by Crippen LogP contribution is -1.97. The van der Waals surface area contributed by atoms with Crippen LogP contribution in [0.2, 0.25) is 0 Å².